The van der Waals surface area contributed by atoms with Crippen molar-refractivity contribution in [2.24, 2.45) is 0 Å². The monoisotopic (exact) mass is 185 g/mol. The molecule has 1 amide bonds. The molecule has 1 fully saturated rings. The third-order valence-corrected chi connectivity index (χ3v) is 2.22. The molecule has 1 atom stereocenters. The van der Waals surface area contributed by atoms with E-state index in [1.165, 1.54) is 6.42 Å². The molecule has 3 N–H and O–H groups in total. The third-order valence-electron chi connectivity index (χ3n) is 2.22. The Morgan fingerprint density at radius 2 is 2.38 bits per heavy atom. The molecule has 0 radical (unpaired) electrons. The Balaban J connectivity index is 1.86. The topological polar surface area (TPSA) is 53.2 Å². The van der Waals surface area contributed by atoms with Crippen LogP contribution < -0.4 is 16.0 Å². The quantitative estimate of drug-likeness (QED) is 0.504. The van der Waals surface area contributed by atoms with Gasteiger partial charge in [-0.15, -0.1) is 0 Å². The molecular weight excluding hydrogens is 166 g/mol. The van der Waals surface area contributed by atoms with E-state index in [4.69, 9.17) is 0 Å². The van der Waals surface area contributed by atoms with Crippen LogP contribution in [0.4, 0.5) is 0 Å². The van der Waals surface area contributed by atoms with Crippen molar-refractivity contribution in [3.8, 4) is 0 Å². The summed E-state index contributed by atoms with van der Waals surface area (Å²) in [5.74, 6) is 0.0579. The molecule has 13 heavy (non-hydrogen) atoms. The summed E-state index contributed by atoms with van der Waals surface area (Å²) in [6, 6.07) is 0.636. The molecule has 0 aromatic rings. The highest BCUT2D eigenvalue weighted by atomic mass is 16.1. The molecule has 76 valence electrons. The predicted molar refractivity (Wildman–Crippen MR) is 52.6 cm³/mol. The minimum Gasteiger partial charge on any atom is -0.356 e. The Morgan fingerprint density at radius 3 is 3.00 bits per heavy atom. The lowest BCUT2D eigenvalue weighted by Gasteiger charge is -2.10. The number of carbonyl (C=O) groups is 1. The summed E-state index contributed by atoms with van der Waals surface area (Å²) in [4.78, 5) is 10.5. The number of rotatable bonds is 5. The normalized spacial score (nSPS) is 21.8. The fourth-order valence-electron chi connectivity index (χ4n) is 1.49. The first kappa shape index (κ1) is 10.5. The highest BCUT2D eigenvalue weighted by Gasteiger charge is 2.12. The van der Waals surface area contributed by atoms with Gasteiger partial charge in [-0.05, 0) is 25.9 Å². The smallest absolute Gasteiger partial charge is 0.216 e. The van der Waals surface area contributed by atoms with Gasteiger partial charge in [0, 0.05) is 26.1 Å². The standard InChI is InChI=1S/C9H19N3O/c1-8(13)11-4-2-5-12-9-3-6-10-7-9/h9-10,12H,2-7H2,1H3,(H,11,13). The second-order valence-electron chi connectivity index (χ2n) is 3.48. The molecule has 1 saturated heterocycles. The van der Waals surface area contributed by atoms with Gasteiger partial charge in [0.25, 0.3) is 0 Å². The van der Waals surface area contributed by atoms with E-state index in [1.807, 2.05) is 0 Å². The summed E-state index contributed by atoms with van der Waals surface area (Å²) in [5, 5.41) is 9.52. The summed E-state index contributed by atoms with van der Waals surface area (Å²) in [5.41, 5.74) is 0. The molecule has 1 rings (SSSR count). The van der Waals surface area contributed by atoms with Gasteiger partial charge in [0.15, 0.2) is 0 Å². The van der Waals surface area contributed by atoms with Crippen LogP contribution in [0.2, 0.25) is 0 Å². The van der Waals surface area contributed by atoms with Crippen LogP contribution in [0.3, 0.4) is 0 Å². The molecule has 1 aliphatic heterocycles. The van der Waals surface area contributed by atoms with Gasteiger partial charge < -0.3 is 16.0 Å². The molecule has 0 aromatic carbocycles. The highest BCUT2D eigenvalue weighted by Crippen LogP contribution is 1.95. The first-order valence-electron chi connectivity index (χ1n) is 4.97. The third kappa shape index (κ3) is 4.85. The molecule has 1 aliphatic rings. The molecule has 0 aliphatic carbocycles. The van der Waals surface area contributed by atoms with E-state index in [2.05, 4.69) is 16.0 Å². The van der Waals surface area contributed by atoms with Crippen LogP contribution in [0.1, 0.15) is 19.8 Å². The average Bonchev–Trinajstić information content (AvgIpc) is 2.55. The van der Waals surface area contributed by atoms with Gasteiger partial charge in [0.05, 0.1) is 0 Å². The van der Waals surface area contributed by atoms with Crippen molar-refractivity contribution in [2.45, 2.75) is 25.8 Å². The maximum Gasteiger partial charge on any atom is 0.216 e. The zero-order valence-corrected chi connectivity index (χ0v) is 8.23. The molecule has 4 nitrogen and oxygen atoms in total. The van der Waals surface area contributed by atoms with E-state index in [0.717, 1.165) is 32.6 Å². The number of hydrogen-bond donors (Lipinski definition) is 3. The second kappa shape index (κ2) is 5.94. The minimum atomic E-state index is 0.0579. The Hall–Kier alpha value is -0.610. The lowest BCUT2D eigenvalue weighted by molar-refractivity contribution is -0.118. The van der Waals surface area contributed by atoms with Gasteiger partial charge in [-0.3, -0.25) is 4.79 Å². The summed E-state index contributed by atoms with van der Waals surface area (Å²) in [6.45, 7) is 5.53. The second-order valence-corrected chi connectivity index (χ2v) is 3.48. The number of nitrogens with one attached hydrogen (secondary N) is 3. The maximum atomic E-state index is 10.5. The summed E-state index contributed by atoms with van der Waals surface area (Å²) in [6.07, 6.45) is 2.23. The van der Waals surface area contributed by atoms with Crippen molar-refractivity contribution in [2.75, 3.05) is 26.2 Å². The molecule has 1 heterocycles. The molecule has 1 unspecified atom stereocenters. The van der Waals surface area contributed by atoms with Crippen LogP contribution in [-0.4, -0.2) is 38.1 Å². The van der Waals surface area contributed by atoms with Gasteiger partial charge in [0.1, 0.15) is 0 Å². The first-order chi connectivity index (χ1) is 6.29. The summed E-state index contributed by atoms with van der Waals surface area (Å²) < 4.78 is 0. The number of amides is 1. The zero-order chi connectivity index (χ0) is 9.52. The summed E-state index contributed by atoms with van der Waals surface area (Å²) >= 11 is 0. The van der Waals surface area contributed by atoms with E-state index in [9.17, 15) is 4.79 Å². The Labute approximate surface area is 79.5 Å². The van der Waals surface area contributed by atoms with E-state index in [1.54, 1.807) is 6.92 Å². The van der Waals surface area contributed by atoms with Crippen molar-refractivity contribution >= 4 is 5.91 Å². The molecule has 0 saturated carbocycles. The minimum absolute atomic E-state index is 0.0579. The van der Waals surface area contributed by atoms with Gasteiger partial charge >= 0.3 is 0 Å². The van der Waals surface area contributed by atoms with Crippen LogP contribution in [0, 0.1) is 0 Å². The Morgan fingerprint density at radius 1 is 1.54 bits per heavy atom. The molecule has 0 bridgehead atoms. The van der Waals surface area contributed by atoms with Crippen LogP contribution in [0.5, 0.6) is 0 Å². The van der Waals surface area contributed by atoms with Crippen LogP contribution in [-0.2, 0) is 4.79 Å². The van der Waals surface area contributed by atoms with Crippen molar-refractivity contribution < 1.29 is 4.79 Å². The molecule has 0 aromatic heterocycles. The fraction of sp³-hybridized carbons (Fsp3) is 0.889. The average molecular weight is 185 g/mol. The van der Waals surface area contributed by atoms with Crippen molar-refractivity contribution in [1.29, 1.82) is 0 Å². The van der Waals surface area contributed by atoms with Crippen LogP contribution >= 0.6 is 0 Å². The largest absolute Gasteiger partial charge is 0.356 e. The first-order valence-corrected chi connectivity index (χ1v) is 4.97. The lowest BCUT2D eigenvalue weighted by Crippen LogP contribution is -2.33. The molecule has 0 spiro atoms. The lowest BCUT2D eigenvalue weighted by atomic mass is 10.2. The maximum absolute atomic E-state index is 10.5. The SMILES string of the molecule is CC(=O)NCCCNC1CCNC1. The van der Waals surface area contributed by atoms with Crippen LogP contribution in [0.15, 0.2) is 0 Å². The zero-order valence-electron chi connectivity index (χ0n) is 8.23. The van der Waals surface area contributed by atoms with Crippen molar-refractivity contribution in [1.82, 2.24) is 16.0 Å². The van der Waals surface area contributed by atoms with Crippen molar-refractivity contribution in [3.63, 3.8) is 0 Å². The number of carbonyl (C=O) groups excluding carboxylic acids is 1. The Bertz CT molecular complexity index is 155. The molecular formula is C9H19N3O. The molecule has 4 heteroatoms. The Kier molecular flexibility index (Phi) is 4.78. The van der Waals surface area contributed by atoms with Gasteiger partial charge in [0.2, 0.25) is 5.91 Å². The van der Waals surface area contributed by atoms with Crippen molar-refractivity contribution in [3.05, 3.63) is 0 Å². The van der Waals surface area contributed by atoms with Crippen LogP contribution in [0.25, 0.3) is 0 Å². The van der Waals surface area contributed by atoms with E-state index in [-0.39, 0.29) is 5.91 Å². The van der Waals surface area contributed by atoms with Gasteiger partial charge in [-0.2, -0.15) is 0 Å². The van der Waals surface area contributed by atoms with E-state index < -0.39 is 0 Å². The number of hydrogen-bond acceptors (Lipinski definition) is 3. The van der Waals surface area contributed by atoms with E-state index >= 15 is 0 Å². The predicted octanol–water partition coefficient (Wildman–Crippen LogP) is -0.536. The fourth-order valence-corrected chi connectivity index (χ4v) is 1.49. The van der Waals surface area contributed by atoms with Gasteiger partial charge in [-0.25, -0.2) is 0 Å². The van der Waals surface area contributed by atoms with E-state index in [0.29, 0.717) is 6.04 Å². The van der Waals surface area contributed by atoms with Gasteiger partial charge in [-0.1, -0.05) is 0 Å². The highest BCUT2D eigenvalue weighted by molar-refractivity contribution is 5.72. The summed E-state index contributed by atoms with van der Waals surface area (Å²) in [7, 11) is 0.